The van der Waals surface area contributed by atoms with E-state index in [2.05, 4.69) is 31.3 Å². The average Bonchev–Trinajstić information content (AvgIpc) is 3.29. The third kappa shape index (κ3) is 23.9. The Bertz CT molecular complexity index is 1840. The summed E-state index contributed by atoms with van der Waals surface area (Å²) in [6.07, 6.45) is -2.09. The van der Waals surface area contributed by atoms with Crippen LogP contribution in [-0.4, -0.2) is 199 Å². The molecule has 1 aromatic rings. The number of aliphatic carboxylic acids is 4. The lowest BCUT2D eigenvalue weighted by Gasteiger charge is -2.34. The van der Waals surface area contributed by atoms with E-state index in [0.717, 1.165) is 15.4 Å². The Balaban J connectivity index is 2.65. The van der Waals surface area contributed by atoms with Crippen LogP contribution in [0, 0.1) is 0 Å². The molecule has 0 radical (unpaired) electrons. The molecule has 0 saturated heterocycles. The number of hydrogen-bond donors (Lipinski definition) is 9. The van der Waals surface area contributed by atoms with E-state index in [9.17, 15) is 68.1 Å². The second-order valence-electron chi connectivity index (χ2n) is 15.0. The SMILES string of the molecule is CN[C@@H](CCC(=O)[C@H](Cc1ccccc1)NC(=O)CCOCCOCCNC(=O)CC[C@H](NC(=O)N[C@@H](CCC(=O)O)OC=O)C(=O)O)C(=O)N(C)C(CC(=O)O)C(=O)N(C)[C@@H](CSC)C(=O)O. The summed E-state index contributed by atoms with van der Waals surface area (Å²) in [6.45, 7) is 0.205. The third-order valence-corrected chi connectivity index (χ3v) is 10.7. The van der Waals surface area contributed by atoms with Crippen LogP contribution in [-0.2, 0) is 68.6 Å². The van der Waals surface area contributed by atoms with E-state index in [-0.39, 0.29) is 90.1 Å². The number of carboxylic acid groups (broad SMARTS) is 4. The predicted octanol–water partition coefficient (Wildman–Crippen LogP) is -1.34. The second-order valence-corrected chi connectivity index (χ2v) is 15.9. The Kier molecular flexibility index (Phi) is 29.1. The molecule has 0 bridgehead atoms. The Morgan fingerprint density at radius 3 is 1.88 bits per heavy atom. The van der Waals surface area contributed by atoms with Gasteiger partial charge in [-0.05, 0) is 38.1 Å². The van der Waals surface area contributed by atoms with E-state index in [1.165, 1.54) is 32.9 Å². The van der Waals surface area contributed by atoms with Gasteiger partial charge in [-0.3, -0.25) is 38.4 Å². The molecular weight excluding hydrogens is 923 g/mol. The lowest BCUT2D eigenvalue weighted by molar-refractivity contribution is -0.154. The molecule has 380 valence electrons. The molecule has 0 saturated carbocycles. The number of ether oxygens (including phenoxy) is 3. The van der Waals surface area contributed by atoms with Crippen LogP contribution in [0.5, 0.6) is 0 Å². The van der Waals surface area contributed by atoms with Gasteiger partial charge in [0.05, 0.1) is 51.4 Å². The van der Waals surface area contributed by atoms with Gasteiger partial charge in [0.25, 0.3) is 6.47 Å². The summed E-state index contributed by atoms with van der Waals surface area (Å²) < 4.78 is 15.5. The van der Waals surface area contributed by atoms with E-state index >= 15 is 0 Å². The van der Waals surface area contributed by atoms with Crippen LogP contribution in [0.2, 0.25) is 0 Å². The number of Topliss-reactive ketones (excluding diaryl/α,β-unsaturated/α-hetero) is 1. The van der Waals surface area contributed by atoms with E-state index in [1.54, 1.807) is 36.6 Å². The van der Waals surface area contributed by atoms with Gasteiger partial charge in [-0.1, -0.05) is 30.3 Å². The Hall–Kier alpha value is -6.38. The van der Waals surface area contributed by atoms with Gasteiger partial charge < -0.3 is 71.0 Å². The fraction of sp³-hybridized carbons (Fsp3) is 0.595. The first kappa shape index (κ1) is 59.6. The number of carbonyl (C=O) groups is 11. The molecule has 0 fully saturated rings. The highest BCUT2D eigenvalue weighted by Crippen LogP contribution is 2.16. The number of rotatable bonds is 37. The largest absolute Gasteiger partial charge is 0.481 e. The lowest BCUT2D eigenvalue weighted by atomic mass is 9.97. The molecule has 1 unspecified atom stereocenters. The zero-order valence-electron chi connectivity index (χ0n) is 38.3. The fourth-order valence-corrected chi connectivity index (χ4v) is 6.96. The topological polar surface area (TPSA) is 363 Å². The van der Waals surface area contributed by atoms with Gasteiger partial charge in [0, 0.05) is 52.1 Å². The summed E-state index contributed by atoms with van der Waals surface area (Å²) in [6, 6.07) is 1.42. The van der Waals surface area contributed by atoms with Gasteiger partial charge in [0.1, 0.15) is 18.1 Å². The predicted molar refractivity (Wildman–Crippen MR) is 240 cm³/mol. The van der Waals surface area contributed by atoms with Gasteiger partial charge in [-0.15, -0.1) is 0 Å². The summed E-state index contributed by atoms with van der Waals surface area (Å²) in [7, 11) is 3.90. The van der Waals surface area contributed by atoms with Gasteiger partial charge in [0.15, 0.2) is 12.0 Å². The minimum absolute atomic E-state index is 0.00342. The number of carboxylic acids is 4. The first-order chi connectivity index (χ1) is 32.2. The molecule has 1 rings (SSSR count). The van der Waals surface area contributed by atoms with E-state index in [0.29, 0.717) is 0 Å². The molecule has 1 aromatic carbocycles. The van der Waals surface area contributed by atoms with E-state index in [1.807, 2.05) is 0 Å². The minimum atomic E-state index is -1.55. The van der Waals surface area contributed by atoms with Crippen LogP contribution in [0.4, 0.5) is 4.79 Å². The van der Waals surface area contributed by atoms with Gasteiger partial charge in [0.2, 0.25) is 23.6 Å². The number of amides is 6. The van der Waals surface area contributed by atoms with Crippen LogP contribution in [0.3, 0.4) is 0 Å². The number of nitrogens with zero attached hydrogens (tertiary/aromatic N) is 2. The van der Waals surface area contributed by atoms with Crippen LogP contribution in [0.25, 0.3) is 0 Å². The molecule has 0 heterocycles. The van der Waals surface area contributed by atoms with Crippen molar-refractivity contribution in [2.45, 2.75) is 94.2 Å². The minimum Gasteiger partial charge on any atom is -0.481 e. The zero-order chi connectivity index (χ0) is 51.2. The van der Waals surface area contributed by atoms with Crippen molar-refractivity contribution >= 4 is 77.6 Å². The van der Waals surface area contributed by atoms with Crippen molar-refractivity contribution in [2.75, 3.05) is 66.1 Å². The molecule has 6 atom stereocenters. The molecule has 0 aliphatic carbocycles. The van der Waals surface area contributed by atoms with Crippen LogP contribution < -0.4 is 26.6 Å². The number of ketones is 1. The van der Waals surface area contributed by atoms with E-state index in [4.69, 9.17) is 14.6 Å². The maximum atomic E-state index is 13.6. The second kappa shape index (κ2) is 33.2. The number of likely N-dealkylation sites (N-methyl/N-ethyl adjacent to an activating group) is 3. The number of hydrogen-bond acceptors (Lipinski definition) is 16. The van der Waals surface area contributed by atoms with Crippen LogP contribution in [0.15, 0.2) is 30.3 Å². The average molecular weight is 986 g/mol. The van der Waals surface area contributed by atoms with Crippen molar-refractivity contribution in [3.63, 3.8) is 0 Å². The van der Waals surface area contributed by atoms with Crippen molar-refractivity contribution in [1.82, 2.24) is 36.4 Å². The highest BCUT2D eigenvalue weighted by atomic mass is 32.2. The lowest BCUT2D eigenvalue weighted by Crippen LogP contribution is -2.56. The van der Waals surface area contributed by atoms with Crippen molar-refractivity contribution in [3.8, 4) is 0 Å². The first-order valence-electron chi connectivity index (χ1n) is 21.3. The highest BCUT2D eigenvalue weighted by Gasteiger charge is 2.38. The molecule has 68 heavy (non-hydrogen) atoms. The van der Waals surface area contributed by atoms with Gasteiger partial charge >= 0.3 is 29.9 Å². The smallest absolute Gasteiger partial charge is 0.327 e. The summed E-state index contributed by atoms with van der Waals surface area (Å²) in [5.74, 6) is -8.39. The number of nitrogens with one attached hydrogen (secondary N) is 5. The summed E-state index contributed by atoms with van der Waals surface area (Å²) >= 11 is 1.17. The maximum absolute atomic E-state index is 13.6. The van der Waals surface area contributed by atoms with Crippen molar-refractivity contribution < 1.29 is 87.4 Å². The fourth-order valence-electron chi connectivity index (χ4n) is 6.28. The van der Waals surface area contributed by atoms with Gasteiger partial charge in [-0.2, -0.15) is 11.8 Å². The third-order valence-electron chi connectivity index (χ3n) is 10.0. The normalized spacial score (nSPS) is 13.5. The molecule has 0 aliphatic rings. The van der Waals surface area contributed by atoms with Crippen LogP contribution >= 0.6 is 11.8 Å². The summed E-state index contributed by atoms with van der Waals surface area (Å²) in [5.41, 5.74) is 0.743. The molecule has 0 aromatic heterocycles. The van der Waals surface area contributed by atoms with Crippen LogP contribution in [0.1, 0.15) is 56.9 Å². The molecule has 25 nitrogen and oxygen atoms in total. The number of urea groups is 1. The highest BCUT2D eigenvalue weighted by molar-refractivity contribution is 7.98. The van der Waals surface area contributed by atoms with Gasteiger partial charge in [-0.25, -0.2) is 14.4 Å². The van der Waals surface area contributed by atoms with Crippen molar-refractivity contribution in [2.24, 2.45) is 0 Å². The molecule has 0 spiro atoms. The summed E-state index contributed by atoms with van der Waals surface area (Å²) in [5, 5.41) is 49.7. The summed E-state index contributed by atoms with van der Waals surface area (Å²) in [4.78, 5) is 137. The number of carbonyl (C=O) groups excluding carboxylic acids is 7. The van der Waals surface area contributed by atoms with Crippen molar-refractivity contribution in [1.29, 1.82) is 0 Å². The Morgan fingerprint density at radius 1 is 0.676 bits per heavy atom. The monoisotopic (exact) mass is 985 g/mol. The standard InChI is InChI=1S/C42H63N7O18S/c1-43-27(38(58)48(2)30(23-37(56)57)39(59)49(3)31(24-68-4)41(62)63)10-12-32(51)29(22-26-8-6-5-7-9-26)45-34(53)16-18-65-20-21-66-19-17-44-33(52)13-11-28(40(60)61)46-42(64)47-35(67-25-50)14-15-36(54)55/h5-9,25,27-31,35,43H,10-24H2,1-4H3,(H,44,52)(H,45,53)(H,54,55)(H,56,57)(H,60,61)(H,62,63)(H2,46,47,64)/t27-,28-,29-,30?,31-,35+/m0/s1. The molecule has 6 amide bonds. The molecule has 9 N–H and O–H groups in total. The Morgan fingerprint density at radius 2 is 1.31 bits per heavy atom. The first-order valence-corrected chi connectivity index (χ1v) is 22.7. The number of benzene rings is 1. The molecule has 26 heteroatoms. The number of thioether (sulfide) groups is 1. The maximum Gasteiger partial charge on any atom is 0.327 e. The van der Waals surface area contributed by atoms with E-state index < -0.39 is 109 Å². The molecular formula is C42H63N7O18S. The van der Waals surface area contributed by atoms with Crippen molar-refractivity contribution in [3.05, 3.63) is 35.9 Å². The zero-order valence-corrected chi connectivity index (χ0v) is 39.2. The Labute approximate surface area is 396 Å². The molecule has 0 aliphatic heterocycles. The quantitative estimate of drug-likeness (QED) is 0.0212.